The second kappa shape index (κ2) is 7.21. The lowest BCUT2D eigenvalue weighted by atomic mass is 9.98. The smallest absolute Gasteiger partial charge is 0.410 e. The van der Waals surface area contributed by atoms with Crippen LogP contribution in [0.15, 0.2) is 18.3 Å². The second-order valence-corrected chi connectivity index (χ2v) is 7.06. The van der Waals surface area contributed by atoms with Crippen LogP contribution >= 0.6 is 0 Å². The highest BCUT2D eigenvalue weighted by Crippen LogP contribution is 2.32. The first-order valence-corrected chi connectivity index (χ1v) is 8.07. The number of likely N-dealkylation sites (tertiary alicyclic amines) is 1. The lowest BCUT2D eigenvalue weighted by Gasteiger charge is -2.39. The molecule has 0 bridgehead atoms. The van der Waals surface area contributed by atoms with Crippen LogP contribution in [0.4, 0.5) is 19.4 Å². The molecule has 1 fully saturated rings. The van der Waals surface area contributed by atoms with Crippen molar-refractivity contribution in [2.24, 2.45) is 0 Å². The summed E-state index contributed by atoms with van der Waals surface area (Å²) in [7, 11) is 0. The van der Waals surface area contributed by atoms with Crippen molar-refractivity contribution in [1.29, 1.82) is 5.26 Å². The molecule has 0 aliphatic carbocycles. The molecule has 0 saturated carbocycles. The van der Waals surface area contributed by atoms with Gasteiger partial charge in [-0.15, -0.1) is 0 Å². The number of ether oxygens (including phenoxy) is 1. The maximum absolute atomic E-state index is 13.8. The van der Waals surface area contributed by atoms with Crippen molar-refractivity contribution in [3.8, 4) is 6.07 Å². The Hall–Kier alpha value is -2.43. The molecule has 136 valence electrons. The van der Waals surface area contributed by atoms with Crippen LogP contribution in [0.25, 0.3) is 0 Å². The average Bonchev–Trinajstić information content (AvgIpc) is 2.51. The number of pyridine rings is 1. The summed E-state index contributed by atoms with van der Waals surface area (Å²) in [6.45, 7) is 5.26. The molecule has 1 N–H and O–H groups in total. The van der Waals surface area contributed by atoms with E-state index in [1.807, 2.05) is 6.07 Å². The van der Waals surface area contributed by atoms with Crippen molar-refractivity contribution >= 4 is 11.9 Å². The van der Waals surface area contributed by atoms with E-state index in [0.717, 1.165) is 0 Å². The summed E-state index contributed by atoms with van der Waals surface area (Å²) < 4.78 is 32.9. The number of hydrogen-bond acceptors (Lipinski definition) is 5. The van der Waals surface area contributed by atoms with E-state index in [9.17, 15) is 13.6 Å². The van der Waals surface area contributed by atoms with Gasteiger partial charge in [0.05, 0.1) is 11.6 Å². The fourth-order valence-corrected chi connectivity index (χ4v) is 2.55. The van der Waals surface area contributed by atoms with Crippen LogP contribution in [0.3, 0.4) is 0 Å². The Labute approximate surface area is 145 Å². The number of aromatic nitrogens is 1. The van der Waals surface area contributed by atoms with E-state index >= 15 is 0 Å². The molecule has 1 unspecified atom stereocenters. The minimum atomic E-state index is -2.82. The van der Waals surface area contributed by atoms with E-state index < -0.39 is 30.1 Å². The highest BCUT2D eigenvalue weighted by atomic mass is 19.3. The molecule has 1 atom stereocenters. The minimum absolute atomic E-state index is 0.0605. The van der Waals surface area contributed by atoms with Gasteiger partial charge in [0.2, 0.25) is 0 Å². The third kappa shape index (κ3) is 5.55. The molecule has 1 aromatic rings. The molecule has 1 aliphatic rings. The number of nitrogens with one attached hydrogen (secondary N) is 1. The fourth-order valence-electron chi connectivity index (χ4n) is 2.55. The number of halogens is 2. The van der Waals surface area contributed by atoms with E-state index in [2.05, 4.69) is 10.3 Å². The Balaban J connectivity index is 2.05. The van der Waals surface area contributed by atoms with E-state index in [0.29, 0.717) is 11.4 Å². The second-order valence-electron chi connectivity index (χ2n) is 7.06. The highest BCUT2D eigenvalue weighted by Gasteiger charge is 2.43. The number of carbonyl (C=O) groups excluding carboxylic acids is 1. The van der Waals surface area contributed by atoms with Gasteiger partial charge in [-0.05, 0) is 32.9 Å². The van der Waals surface area contributed by atoms with Crippen molar-refractivity contribution < 1.29 is 18.3 Å². The Morgan fingerprint density at radius 2 is 2.24 bits per heavy atom. The quantitative estimate of drug-likeness (QED) is 0.902. The van der Waals surface area contributed by atoms with Gasteiger partial charge in [-0.25, -0.2) is 18.6 Å². The minimum Gasteiger partial charge on any atom is -0.444 e. The fraction of sp³-hybridized carbons (Fsp3) is 0.588. The molecule has 0 aromatic carbocycles. The summed E-state index contributed by atoms with van der Waals surface area (Å²) in [6, 6.07) is 4.42. The maximum Gasteiger partial charge on any atom is 0.410 e. The predicted molar refractivity (Wildman–Crippen MR) is 88.4 cm³/mol. The Bertz CT molecular complexity index is 650. The van der Waals surface area contributed by atoms with Gasteiger partial charge in [-0.2, -0.15) is 5.26 Å². The first-order chi connectivity index (χ1) is 11.6. The van der Waals surface area contributed by atoms with Crippen LogP contribution < -0.4 is 5.32 Å². The lowest BCUT2D eigenvalue weighted by molar-refractivity contribution is -0.0773. The summed E-state index contributed by atoms with van der Waals surface area (Å²) in [5.41, 5.74) is -0.283. The van der Waals surface area contributed by atoms with Gasteiger partial charge >= 0.3 is 6.09 Å². The molecule has 25 heavy (non-hydrogen) atoms. The Morgan fingerprint density at radius 3 is 2.80 bits per heavy atom. The maximum atomic E-state index is 13.8. The zero-order valence-corrected chi connectivity index (χ0v) is 14.6. The largest absolute Gasteiger partial charge is 0.444 e. The van der Waals surface area contributed by atoms with Gasteiger partial charge in [-0.3, -0.25) is 0 Å². The topological polar surface area (TPSA) is 78.2 Å². The summed E-state index contributed by atoms with van der Waals surface area (Å²) in [4.78, 5) is 17.7. The van der Waals surface area contributed by atoms with Crippen LogP contribution in [0.1, 0.15) is 39.2 Å². The SMILES string of the molecule is CC(C)(C)OC(=O)N1CCC(F)(F)CC1CNc1ccc(C#N)cn1. The Kier molecular flexibility index (Phi) is 5.45. The van der Waals surface area contributed by atoms with Gasteiger partial charge in [0.25, 0.3) is 5.92 Å². The zero-order chi connectivity index (χ0) is 18.7. The molecule has 1 aromatic heterocycles. The molecule has 1 amide bonds. The van der Waals surface area contributed by atoms with Crippen molar-refractivity contribution in [2.75, 3.05) is 18.4 Å². The molecular formula is C17H22F2N4O2. The van der Waals surface area contributed by atoms with Crippen molar-refractivity contribution in [2.45, 2.75) is 51.2 Å². The van der Waals surface area contributed by atoms with Gasteiger partial charge in [-0.1, -0.05) is 0 Å². The summed E-state index contributed by atoms with van der Waals surface area (Å²) in [6.07, 6.45) is -0.0146. The van der Waals surface area contributed by atoms with Crippen LogP contribution in [0.5, 0.6) is 0 Å². The van der Waals surface area contributed by atoms with Crippen LogP contribution in [-0.4, -0.2) is 46.6 Å². The molecule has 6 nitrogen and oxygen atoms in total. The average molecular weight is 352 g/mol. The number of piperidine rings is 1. The van der Waals surface area contributed by atoms with Crippen molar-refractivity contribution in [3.63, 3.8) is 0 Å². The molecule has 2 rings (SSSR count). The number of carbonyl (C=O) groups is 1. The molecule has 0 spiro atoms. The van der Waals surface area contributed by atoms with Gasteiger partial charge in [0, 0.05) is 32.1 Å². The molecule has 8 heteroatoms. The first kappa shape index (κ1) is 18.9. The Morgan fingerprint density at radius 1 is 1.52 bits per heavy atom. The van der Waals surface area contributed by atoms with E-state index in [4.69, 9.17) is 10.00 Å². The predicted octanol–water partition coefficient (Wildman–Crippen LogP) is 3.40. The van der Waals surface area contributed by atoms with E-state index in [1.54, 1.807) is 32.9 Å². The van der Waals surface area contributed by atoms with Gasteiger partial charge in [0.15, 0.2) is 0 Å². The van der Waals surface area contributed by atoms with E-state index in [-0.39, 0.29) is 19.5 Å². The summed E-state index contributed by atoms with van der Waals surface area (Å²) in [5, 5.41) is 11.7. The van der Waals surface area contributed by atoms with Crippen molar-refractivity contribution in [1.82, 2.24) is 9.88 Å². The number of nitriles is 1. The first-order valence-electron chi connectivity index (χ1n) is 8.07. The third-order valence-corrected chi connectivity index (χ3v) is 3.73. The monoisotopic (exact) mass is 352 g/mol. The lowest BCUT2D eigenvalue weighted by Crippen LogP contribution is -2.53. The number of rotatable bonds is 3. The number of alkyl halides is 2. The normalized spacial score (nSPS) is 19.8. The summed E-state index contributed by atoms with van der Waals surface area (Å²) >= 11 is 0. The van der Waals surface area contributed by atoms with E-state index in [1.165, 1.54) is 11.1 Å². The van der Waals surface area contributed by atoms with Gasteiger partial charge in [0.1, 0.15) is 17.5 Å². The number of anilines is 1. The van der Waals surface area contributed by atoms with Gasteiger partial charge < -0.3 is 15.0 Å². The molecule has 1 aliphatic heterocycles. The number of hydrogen-bond donors (Lipinski definition) is 1. The number of nitrogens with zero attached hydrogens (tertiary/aromatic N) is 3. The van der Waals surface area contributed by atoms with Crippen LogP contribution in [-0.2, 0) is 4.74 Å². The highest BCUT2D eigenvalue weighted by molar-refractivity contribution is 5.69. The molecule has 2 heterocycles. The number of amides is 1. The van der Waals surface area contributed by atoms with Crippen molar-refractivity contribution in [3.05, 3.63) is 23.9 Å². The standard InChI is InChI=1S/C17H22F2N4O2/c1-16(2,3)25-15(24)23-7-6-17(18,19)8-13(23)11-22-14-5-4-12(9-20)10-21-14/h4-5,10,13H,6-8,11H2,1-3H3,(H,21,22). The third-order valence-electron chi connectivity index (χ3n) is 3.73. The van der Waals surface area contributed by atoms with Crippen LogP contribution in [0, 0.1) is 11.3 Å². The van der Waals surface area contributed by atoms with Crippen LogP contribution in [0.2, 0.25) is 0 Å². The molecular weight excluding hydrogens is 330 g/mol. The molecule has 0 radical (unpaired) electrons. The zero-order valence-electron chi connectivity index (χ0n) is 14.6. The molecule has 1 saturated heterocycles. The summed E-state index contributed by atoms with van der Waals surface area (Å²) in [5.74, 6) is -2.36.